The zero-order valence-corrected chi connectivity index (χ0v) is 23.5. The fourth-order valence-corrected chi connectivity index (χ4v) is 5.82. The quantitative estimate of drug-likeness (QED) is 0.376. The van der Waals surface area contributed by atoms with Gasteiger partial charge in [0.2, 0.25) is 11.8 Å². The smallest absolute Gasteiger partial charge is 0.315 e. The Morgan fingerprint density at radius 3 is 2.14 bits per heavy atom. The molecular weight excluding hydrogens is 474 g/mol. The number of ketones is 1. The van der Waals surface area contributed by atoms with Crippen LogP contribution in [-0.2, 0) is 14.4 Å². The standard InChI is InChI=1S/C27H45N5O5/c1-25(2,3)21(30-24(36)31-26(4,5)6)23(35)32-12-11-16(27(7,8)37)19(32)22(34)29-17-13-14-9-10-15(14)18(28)20(17)33/h14-17,19,21,28,37H,9-13H2,1-8H3,(H,29,34)(H2,30,31,36). The third-order valence-corrected chi connectivity index (χ3v) is 7.96. The summed E-state index contributed by atoms with van der Waals surface area (Å²) < 4.78 is 0. The van der Waals surface area contributed by atoms with Crippen LogP contribution >= 0.6 is 0 Å². The van der Waals surface area contributed by atoms with Gasteiger partial charge < -0.3 is 31.4 Å². The number of carbonyl (C=O) groups excluding carboxylic acids is 4. The van der Waals surface area contributed by atoms with Crippen molar-refractivity contribution in [3.05, 3.63) is 0 Å². The largest absolute Gasteiger partial charge is 0.390 e. The molecular formula is C27H45N5O5. The van der Waals surface area contributed by atoms with E-state index < -0.39 is 58.4 Å². The van der Waals surface area contributed by atoms with Gasteiger partial charge >= 0.3 is 6.03 Å². The molecule has 2 saturated carbocycles. The maximum atomic E-state index is 13.9. The summed E-state index contributed by atoms with van der Waals surface area (Å²) in [6.45, 7) is 14.5. The van der Waals surface area contributed by atoms with Gasteiger partial charge in [-0.2, -0.15) is 0 Å². The van der Waals surface area contributed by atoms with E-state index in [1.165, 1.54) is 4.90 Å². The van der Waals surface area contributed by atoms with Crippen LogP contribution < -0.4 is 16.0 Å². The number of hydrogen-bond donors (Lipinski definition) is 5. The number of nitrogens with one attached hydrogen (secondary N) is 4. The van der Waals surface area contributed by atoms with E-state index in [9.17, 15) is 24.3 Å². The number of amides is 4. The summed E-state index contributed by atoms with van der Waals surface area (Å²) in [7, 11) is 0. The van der Waals surface area contributed by atoms with Crippen molar-refractivity contribution >= 4 is 29.3 Å². The Bertz CT molecular complexity index is 958. The van der Waals surface area contributed by atoms with Crippen molar-refractivity contribution in [3.63, 3.8) is 0 Å². The highest BCUT2D eigenvalue weighted by atomic mass is 16.3. The number of hydrogen-bond acceptors (Lipinski definition) is 6. The molecule has 0 aromatic carbocycles. The van der Waals surface area contributed by atoms with Gasteiger partial charge in [-0.3, -0.25) is 14.4 Å². The van der Waals surface area contributed by atoms with E-state index in [0.29, 0.717) is 12.8 Å². The predicted molar refractivity (Wildman–Crippen MR) is 140 cm³/mol. The molecule has 3 rings (SSSR count). The van der Waals surface area contributed by atoms with Crippen molar-refractivity contribution < 1.29 is 24.3 Å². The van der Waals surface area contributed by atoms with E-state index in [0.717, 1.165) is 12.8 Å². The van der Waals surface area contributed by atoms with Gasteiger partial charge in [0, 0.05) is 23.9 Å². The molecule has 10 heteroatoms. The van der Waals surface area contributed by atoms with Gasteiger partial charge in [0.1, 0.15) is 12.1 Å². The van der Waals surface area contributed by atoms with Gasteiger partial charge in [-0.15, -0.1) is 0 Å². The van der Waals surface area contributed by atoms with E-state index in [-0.39, 0.29) is 29.9 Å². The molecule has 6 atom stereocenters. The van der Waals surface area contributed by atoms with Crippen molar-refractivity contribution in [2.75, 3.05) is 6.54 Å². The van der Waals surface area contributed by atoms with Gasteiger partial charge in [-0.1, -0.05) is 20.8 Å². The third-order valence-electron chi connectivity index (χ3n) is 7.96. The molecule has 5 N–H and O–H groups in total. The summed E-state index contributed by atoms with van der Waals surface area (Å²) in [5.41, 5.74) is -2.34. The molecule has 0 spiro atoms. The van der Waals surface area contributed by atoms with Crippen molar-refractivity contribution in [2.45, 2.75) is 110 Å². The maximum absolute atomic E-state index is 13.9. The molecule has 208 valence electrons. The first kappa shape index (κ1) is 29.1. The summed E-state index contributed by atoms with van der Waals surface area (Å²) in [6, 6.07) is -3.21. The highest BCUT2D eigenvalue weighted by molar-refractivity contribution is 6.42. The van der Waals surface area contributed by atoms with Gasteiger partial charge in [-0.25, -0.2) is 4.79 Å². The molecule has 10 nitrogen and oxygen atoms in total. The van der Waals surface area contributed by atoms with E-state index in [1.54, 1.807) is 13.8 Å². The summed E-state index contributed by atoms with van der Waals surface area (Å²) in [4.78, 5) is 54.5. The lowest BCUT2D eigenvalue weighted by Crippen LogP contribution is -2.63. The molecule has 1 saturated heterocycles. The van der Waals surface area contributed by atoms with Crippen LogP contribution in [0.15, 0.2) is 0 Å². The zero-order chi connectivity index (χ0) is 28.1. The number of likely N-dealkylation sites (tertiary alicyclic amines) is 1. The number of carbonyl (C=O) groups is 4. The first-order chi connectivity index (χ1) is 16.8. The summed E-state index contributed by atoms with van der Waals surface area (Å²) >= 11 is 0. The van der Waals surface area contributed by atoms with E-state index in [1.807, 2.05) is 41.5 Å². The monoisotopic (exact) mass is 519 g/mol. The minimum absolute atomic E-state index is 0.00723. The van der Waals surface area contributed by atoms with Gasteiger partial charge in [-0.05, 0) is 71.6 Å². The lowest BCUT2D eigenvalue weighted by atomic mass is 9.63. The van der Waals surface area contributed by atoms with Crippen LogP contribution in [0.25, 0.3) is 0 Å². The molecule has 37 heavy (non-hydrogen) atoms. The number of aliphatic hydroxyl groups is 1. The third kappa shape index (κ3) is 6.33. The molecule has 0 aromatic rings. The molecule has 4 amide bonds. The van der Waals surface area contributed by atoms with Crippen molar-refractivity contribution in [3.8, 4) is 0 Å². The van der Waals surface area contributed by atoms with Crippen LogP contribution in [0.5, 0.6) is 0 Å². The highest BCUT2D eigenvalue weighted by Crippen LogP contribution is 2.42. The van der Waals surface area contributed by atoms with Crippen molar-refractivity contribution in [1.82, 2.24) is 20.9 Å². The van der Waals surface area contributed by atoms with Crippen LogP contribution in [0.2, 0.25) is 0 Å². The van der Waals surface area contributed by atoms with Gasteiger partial charge in [0.15, 0.2) is 5.78 Å². The molecule has 3 aliphatic rings. The van der Waals surface area contributed by atoms with Crippen LogP contribution in [0.1, 0.15) is 81.1 Å². The predicted octanol–water partition coefficient (Wildman–Crippen LogP) is 1.99. The molecule has 0 aromatic heterocycles. The Morgan fingerprint density at radius 2 is 1.65 bits per heavy atom. The van der Waals surface area contributed by atoms with Crippen LogP contribution in [-0.4, -0.2) is 75.2 Å². The Hall–Kier alpha value is -2.49. The summed E-state index contributed by atoms with van der Waals surface area (Å²) in [5, 5.41) is 27.5. The lowest BCUT2D eigenvalue weighted by Gasteiger charge is -2.44. The van der Waals surface area contributed by atoms with Crippen LogP contribution in [0.4, 0.5) is 4.79 Å². The lowest BCUT2D eigenvalue weighted by molar-refractivity contribution is -0.145. The normalized spacial score (nSPS) is 29.2. The Balaban J connectivity index is 1.85. The molecule has 3 fully saturated rings. The van der Waals surface area contributed by atoms with Crippen LogP contribution in [0.3, 0.4) is 0 Å². The fraction of sp³-hybridized carbons (Fsp3) is 0.815. The molecule has 1 aliphatic heterocycles. The summed E-state index contributed by atoms with van der Waals surface area (Å²) in [6.07, 6.45) is 2.66. The average molecular weight is 520 g/mol. The first-order valence-electron chi connectivity index (χ1n) is 13.4. The zero-order valence-electron chi connectivity index (χ0n) is 23.5. The van der Waals surface area contributed by atoms with E-state index in [4.69, 9.17) is 5.41 Å². The molecule has 6 unspecified atom stereocenters. The number of nitrogens with zero attached hydrogens (tertiary/aromatic N) is 1. The van der Waals surface area contributed by atoms with E-state index in [2.05, 4.69) is 16.0 Å². The second-order valence-electron chi connectivity index (χ2n) is 13.7. The Labute approximate surface area is 220 Å². The number of fused-ring (bicyclic) bond motifs is 1. The number of Topliss-reactive ketones (excluding diaryl/α,β-unsaturated/α-hetero) is 1. The fourth-order valence-electron chi connectivity index (χ4n) is 5.82. The minimum Gasteiger partial charge on any atom is -0.390 e. The molecule has 2 aliphatic carbocycles. The molecule has 1 heterocycles. The molecule has 0 radical (unpaired) electrons. The highest BCUT2D eigenvalue weighted by Gasteiger charge is 2.52. The first-order valence-corrected chi connectivity index (χ1v) is 13.4. The second-order valence-corrected chi connectivity index (χ2v) is 13.7. The maximum Gasteiger partial charge on any atom is 0.315 e. The number of urea groups is 1. The topological polar surface area (TPSA) is 152 Å². The van der Waals surface area contributed by atoms with E-state index >= 15 is 0 Å². The van der Waals surface area contributed by atoms with Crippen molar-refractivity contribution in [2.24, 2.45) is 23.2 Å². The Morgan fingerprint density at radius 1 is 1.03 bits per heavy atom. The van der Waals surface area contributed by atoms with Gasteiger partial charge in [0.05, 0.1) is 17.4 Å². The van der Waals surface area contributed by atoms with Crippen LogP contribution in [0, 0.1) is 28.6 Å². The number of rotatable bonds is 5. The molecule has 0 bridgehead atoms. The SMILES string of the molecule is CC(C)(C)NC(=O)NC(C(=O)N1CCC(C(C)(C)O)C1C(=O)NC1CC2CCC2C(=N)C1=O)C(C)(C)C. The van der Waals surface area contributed by atoms with Crippen molar-refractivity contribution in [1.29, 1.82) is 5.41 Å². The average Bonchev–Trinajstić information content (AvgIpc) is 3.15. The minimum atomic E-state index is -1.26. The van der Waals surface area contributed by atoms with Gasteiger partial charge in [0.25, 0.3) is 0 Å². The second kappa shape index (κ2) is 10.0. The summed E-state index contributed by atoms with van der Waals surface area (Å²) in [5.74, 6) is -1.63. The Kier molecular flexibility index (Phi) is 7.86.